The molecule has 0 atom stereocenters. The zero-order chi connectivity index (χ0) is 11.6. The Hall–Kier alpha value is -0.610. The Labute approximate surface area is 105 Å². The number of pyridine rings is 1. The van der Waals surface area contributed by atoms with Crippen LogP contribution < -0.4 is 4.74 Å². The molecule has 90 valence electrons. The van der Waals surface area contributed by atoms with Crippen LogP contribution in [0, 0.1) is 0 Å². The molecule has 1 aromatic rings. The van der Waals surface area contributed by atoms with E-state index in [9.17, 15) is 0 Å². The van der Waals surface area contributed by atoms with Gasteiger partial charge in [-0.2, -0.15) is 0 Å². The average molecular weight is 288 g/mol. The molecule has 0 aliphatic heterocycles. The van der Waals surface area contributed by atoms with Gasteiger partial charge in [0.2, 0.25) is 0 Å². The van der Waals surface area contributed by atoms with Crippen molar-refractivity contribution < 1.29 is 9.47 Å². The van der Waals surface area contributed by atoms with E-state index in [1.807, 2.05) is 12.1 Å². The van der Waals surface area contributed by atoms with Gasteiger partial charge in [-0.05, 0) is 18.6 Å². The third-order valence-electron chi connectivity index (χ3n) is 2.07. The highest BCUT2D eigenvalue weighted by atomic mass is 79.9. The highest BCUT2D eigenvalue weighted by molar-refractivity contribution is 9.08. The van der Waals surface area contributed by atoms with Gasteiger partial charge in [0, 0.05) is 11.9 Å². The van der Waals surface area contributed by atoms with E-state index in [2.05, 4.69) is 27.8 Å². The molecule has 4 heteroatoms. The number of aromatic nitrogens is 1. The van der Waals surface area contributed by atoms with Crippen molar-refractivity contribution in [2.45, 2.75) is 25.1 Å². The molecule has 0 spiro atoms. The largest absolute Gasteiger partial charge is 0.490 e. The minimum absolute atomic E-state index is 0.582. The van der Waals surface area contributed by atoms with Crippen molar-refractivity contribution in [1.82, 2.24) is 4.98 Å². The molecule has 1 heterocycles. The van der Waals surface area contributed by atoms with Crippen LogP contribution in [0.3, 0.4) is 0 Å². The van der Waals surface area contributed by atoms with Crippen LogP contribution in [-0.2, 0) is 10.1 Å². The van der Waals surface area contributed by atoms with E-state index in [0.29, 0.717) is 13.2 Å². The second-order valence-corrected chi connectivity index (χ2v) is 3.99. The summed E-state index contributed by atoms with van der Waals surface area (Å²) in [5.74, 6) is 0.795. The Morgan fingerprint density at radius 3 is 2.75 bits per heavy atom. The van der Waals surface area contributed by atoms with E-state index < -0.39 is 0 Å². The maximum Gasteiger partial charge on any atom is 0.137 e. The number of unbranched alkanes of at least 4 members (excludes halogenated alkanes) is 1. The zero-order valence-electron chi connectivity index (χ0n) is 9.62. The Morgan fingerprint density at radius 2 is 2.12 bits per heavy atom. The predicted molar refractivity (Wildman–Crippen MR) is 68.1 cm³/mol. The van der Waals surface area contributed by atoms with E-state index in [-0.39, 0.29) is 0 Å². The number of rotatable bonds is 8. The molecule has 0 amide bonds. The van der Waals surface area contributed by atoms with E-state index in [1.165, 1.54) is 6.42 Å². The summed E-state index contributed by atoms with van der Waals surface area (Å²) in [6.45, 7) is 4.19. The minimum Gasteiger partial charge on any atom is -0.490 e. The summed E-state index contributed by atoms with van der Waals surface area (Å²) in [7, 11) is 0. The van der Waals surface area contributed by atoms with Crippen molar-refractivity contribution >= 4 is 15.9 Å². The molecular weight excluding hydrogens is 270 g/mol. The molecule has 0 aliphatic carbocycles. The van der Waals surface area contributed by atoms with Gasteiger partial charge in [0.05, 0.1) is 18.5 Å². The number of hydrogen-bond donors (Lipinski definition) is 0. The van der Waals surface area contributed by atoms with Gasteiger partial charge in [-0.3, -0.25) is 4.98 Å². The molecule has 3 nitrogen and oxygen atoms in total. The molecule has 0 unspecified atom stereocenters. The highest BCUT2D eigenvalue weighted by Crippen LogP contribution is 2.10. The van der Waals surface area contributed by atoms with Gasteiger partial charge in [-0.25, -0.2) is 0 Å². The summed E-state index contributed by atoms with van der Waals surface area (Å²) in [6.07, 6.45) is 4.02. The molecule has 0 saturated heterocycles. The first-order valence-electron chi connectivity index (χ1n) is 5.58. The summed E-state index contributed by atoms with van der Waals surface area (Å²) < 4.78 is 10.9. The van der Waals surface area contributed by atoms with E-state index in [0.717, 1.165) is 29.8 Å². The lowest BCUT2D eigenvalue weighted by Crippen LogP contribution is -2.07. The Kier molecular flexibility index (Phi) is 7.17. The van der Waals surface area contributed by atoms with Crippen LogP contribution in [0.1, 0.15) is 25.5 Å². The molecular formula is C12H18BrNO2. The van der Waals surface area contributed by atoms with Crippen LogP contribution >= 0.6 is 15.9 Å². The van der Waals surface area contributed by atoms with Crippen molar-refractivity contribution in [3.8, 4) is 5.75 Å². The summed E-state index contributed by atoms with van der Waals surface area (Å²) in [5, 5.41) is 0.771. The topological polar surface area (TPSA) is 31.4 Å². The fourth-order valence-corrected chi connectivity index (χ4v) is 1.47. The van der Waals surface area contributed by atoms with Crippen molar-refractivity contribution in [2.75, 3.05) is 19.8 Å². The lowest BCUT2D eigenvalue weighted by molar-refractivity contribution is 0.0979. The van der Waals surface area contributed by atoms with Crippen LogP contribution in [0.4, 0.5) is 0 Å². The number of halogens is 1. The predicted octanol–water partition coefficient (Wildman–Crippen LogP) is 3.17. The zero-order valence-corrected chi connectivity index (χ0v) is 11.2. The lowest BCUT2D eigenvalue weighted by Gasteiger charge is -2.06. The van der Waals surface area contributed by atoms with Gasteiger partial charge < -0.3 is 9.47 Å². The molecule has 16 heavy (non-hydrogen) atoms. The van der Waals surface area contributed by atoms with Gasteiger partial charge in [0.25, 0.3) is 0 Å². The number of hydrogen-bond acceptors (Lipinski definition) is 3. The second kappa shape index (κ2) is 8.53. The van der Waals surface area contributed by atoms with E-state index in [4.69, 9.17) is 9.47 Å². The Morgan fingerprint density at radius 1 is 1.25 bits per heavy atom. The average Bonchev–Trinajstić information content (AvgIpc) is 2.34. The molecule has 0 radical (unpaired) electrons. The molecule has 0 aliphatic rings. The molecule has 1 rings (SSSR count). The number of nitrogens with zero attached hydrogens (tertiary/aromatic N) is 1. The molecule has 0 aromatic carbocycles. The van der Waals surface area contributed by atoms with Crippen molar-refractivity contribution in [2.24, 2.45) is 0 Å². The van der Waals surface area contributed by atoms with Gasteiger partial charge in [-0.1, -0.05) is 29.3 Å². The van der Waals surface area contributed by atoms with Crippen LogP contribution in [0.2, 0.25) is 0 Å². The molecule has 0 saturated carbocycles. The van der Waals surface area contributed by atoms with Crippen LogP contribution in [0.15, 0.2) is 18.3 Å². The Balaban J connectivity index is 2.12. The highest BCUT2D eigenvalue weighted by Gasteiger charge is 1.95. The van der Waals surface area contributed by atoms with Crippen molar-refractivity contribution in [3.63, 3.8) is 0 Å². The molecule has 1 aromatic heterocycles. The van der Waals surface area contributed by atoms with E-state index >= 15 is 0 Å². The van der Waals surface area contributed by atoms with E-state index in [1.54, 1.807) is 6.20 Å². The second-order valence-electron chi connectivity index (χ2n) is 3.43. The number of ether oxygens (including phenoxy) is 2. The summed E-state index contributed by atoms with van der Waals surface area (Å²) >= 11 is 3.35. The molecule has 0 fully saturated rings. The summed E-state index contributed by atoms with van der Waals surface area (Å²) in [6, 6.07) is 3.87. The third-order valence-corrected chi connectivity index (χ3v) is 2.65. The first-order valence-corrected chi connectivity index (χ1v) is 6.70. The van der Waals surface area contributed by atoms with Crippen molar-refractivity contribution in [1.29, 1.82) is 0 Å². The number of alkyl halides is 1. The van der Waals surface area contributed by atoms with Gasteiger partial charge in [-0.15, -0.1) is 0 Å². The Bertz CT molecular complexity index is 277. The smallest absolute Gasteiger partial charge is 0.137 e. The minimum atomic E-state index is 0.582. The third kappa shape index (κ3) is 5.47. The summed E-state index contributed by atoms with van der Waals surface area (Å²) in [5.41, 5.74) is 1.01. The van der Waals surface area contributed by atoms with Gasteiger partial charge >= 0.3 is 0 Å². The normalized spacial score (nSPS) is 10.4. The van der Waals surface area contributed by atoms with Crippen LogP contribution in [0.25, 0.3) is 0 Å². The fraction of sp³-hybridized carbons (Fsp3) is 0.583. The SMILES string of the molecule is CCCCOCCOc1ccc(CBr)nc1. The quantitative estimate of drug-likeness (QED) is 0.544. The molecule has 0 N–H and O–H groups in total. The maximum absolute atomic E-state index is 5.48. The summed E-state index contributed by atoms with van der Waals surface area (Å²) in [4.78, 5) is 4.21. The first kappa shape index (κ1) is 13.5. The maximum atomic E-state index is 5.48. The van der Waals surface area contributed by atoms with Gasteiger partial charge in [0.1, 0.15) is 12.4 Å². The fourth-order valence-electron chi connectivity index (χ4n) is 1.14. The monoisotopic (exact) mass is 287 g/mol. The van der Waals surface area contributed by atoms with Crippen molar-refractivity contribution in [3.05, 3.63) is 24.0 Å². The first-order chi connectivity index (χ1) is 7.86. The molecule has 0 bridgehead atoms. The van der Waals surface area contributed by atoms with Gasteiger partial charge in [0.15, 0.2) is 0 Å². The lowest BCUT2D eigenvalue weighted by atomic mass is 10.4. The van der Waals surface area contributed by atoms with Crippen LogP contribution in [0.5, 0.6) is 5.75 Å². The standard InChI is InChI=1S/C12H18BrNO2/c1-2-3-6-15-7-8-16-12-5-4-11(9-13)14-10-12/h4-5,10H,2-3,6-9H2,1H3. The van der Waals surface area contributed by atoms with Crippen LogP contribution in [-0.4, -0.2) is 24.8 Å².